The molecule has 3 atom stereocenters. The number of ether oxygens (including phenoxy) is 1. The van der Waals surface area contributed by atoms with E-state index in [0.29, 0.717) is 0 Å². The fraction of sp³-hybridized carbons (Fsp3) is 0.533. The Morgan fingerprint density at radius 1 is 1.43 bits per heavy atom. The molecule has 1 aliphatic heterocycles. The molecule has 0 saturated carbocycles. The summed E-state index contributed by atoms with van der Waals surface area (Å²) in [6.45, 7) is 6.41. The second kappa shape index (κ2) is 6.27. The van der Waals surface area contributed by atoms with Gasteiger partial charge in [-0.3, -0.25) is 0 Å². The molecule has 1 aromatic heterocycles. The number of benzene rings is 1. The van der Waals surface area contributed by atoms with Crippen LogP contribution in [0.3, 0.4) is 0 Å². The molecular formula is C15H21N3O2S. The lowest BCUT2D eigenvalue weighted by atomic mass is 10.0. The van der Waals surface area contributed by atoms with E-state index in [-0.39, 0.29) is 12.1 Å². The van der Waals surface area contributed by atoms with Gasteiger partial charge < -0.3 is 20.5 Å². The molecule has 1 aliphatic rings. The maximum atomic E-state index is 10.0. The normalized spacial score (nSPS) is 22.1. The van der Waals surface area contributed by atoms with Gasteiger partial charge >= 0.3 is 0 Å². The van der Waals surface area contributed by atoms with Gasteiger partial charge in [0, 0.05) is 25.7 Å². The largest absolute Gasteiger partial charge is 0.486 e. The minimum Gasteiger partial charge on any atom is -0.486 e. The van der Waals surface area contributed by atoms with Gasteiger partial charge in [0.1, 0.15) is 11.9 Å². The van der Waals surface area contributed by atoms with Crippen LogP contribution in [0.2, 0.25) is 0 Å². The third-order valence-electron chi connectivity index (χ3n) is 3.68. The van der Waals surface area contributed by atoms with Gasteiger partial charge in [0.15, 0.2) is 0 Å². The average molecular weight is 307 g/mol. The molecule has 0 radical (unpaired) electrons. The Morgan fingerprint density at radius 2 is 2.29 bits per heavy atom. The highest BCUT2D eigenvalue weighted by Gasteiger charge is 2.29. The molecule has 0 spiro atoms. The minimum absolute atomic E-state index is 0.103. The van der Waals surface area contributed by atoms with Gasteiger partial charge in [0.2, 0.25) is 0 Å². The standard InChI is InChI=1S/C15H21N3O2S/c1-9(19)15(13-8-16-5-6-17-13)20-11-3-4-14-12(7-11)18-10(2)21-14/h3-4,7,9,13,15-17,19H,5-6,8H2,1-2H3. The molecule has 3 rings (SSSR count). The van der Waals surface area contributed by atoms with Crippen LogP contribution in [0.1, 0.15) is 11.9 Å². The zero-order valence-corrected chi connectivity index (χ0v) is 13.1. The molecule has 114 valence electrons. The van der Waals surface area contributed by atoms with E-state index in [2.05, 4.69) is 15.6 Å². The third kappa shape index (κ3) is 3.35. The SMILES string of the molecule is Cc1nc2cc(OC(C(C)O)C3CNCCN3)ccc2s1. The van der Waals surface area contributed by atoms with Crippen LogP contribution >= 0.6 is 11.3 Å². The summed E-state index contributed by atoms with van der Waals surface area (Å²) in [4.78, 5) is 4.49. The van der Waals surface area contributed by atoms with Crippen molar-refractivity contribution < 1.29 is 9.84 Å². The van der Waals surface area contributed by atoms with Crippen molar-refractivity contribution in [2.75, 3.05) is 19.6 Å². The third-order valence-corrected chi connectivity index (χ3v) is 4.63. The zero-order valence-electron chi connectivity index (χ0n) is 12.3. The van der Waals surface area contributed by atoms with Crippen molar-refractivity contribution in [1.82, 2.24) is 15.6 Å². The molecule has 21 heavy (non-hydrogen) atoms. The van der Waals surface area contributed by atoms with Crippen molar-refractivity contribution in [3.05, 3.63) is 23.2 Å². The Morgan fingerprint density at radius 3 is 3.00 bits per heavy atom. The smallest absolute Gasteiger partial charge is 0.141 e. The lowest BCUT2D eigenvalue weighted by Crippen LogP contribution is -2.58. The number of hydrogen-bond donors (Lipinski definition) is 3. The van der Waals surface area contributed by atoms with Gasteiger partial charge in [-0.1, -0.05) is 0 Å². The number of nitrogens with zero attached hydrogens (tertiary/aromatic N) is 1. The second-order valence-corrected chi connectivity index (χ2v) is 6.68. The van der Waals surface area contributed by atoms with E-state index in [0.717, 1.165) is 40.6 Å². The Labute approximate surface area is 128 Å². The predicted molar refractivity (Wildman–Crippen MR) is 85.1 cm³/mol. The first-order valence-corrected chi connectivity index (χ1v) is 8.11. The molecule has 0 amide bonds. The Bertz CT molecular complexity index is 608. The number of thiazole rings is 1. The topological polar surface area (TPSA) is 66.4 Å². The van der Waals surface area contributed by atoms with Crippen LogP contribution in [0.5, 0.6) is 5.75 Å². The predicted octanol–water partition coefficient (Wildman–Crippen LogP) is 1.29. The summed E-state index contributed by atoms with van der Waals surface area (Å²) in [6.07, 6.45) is -0.828. The molecule has 2 heterocycles. The molecular weight excluding hydrogens is 286 g/mol. The maximum absolute atomic E-state index is 10.0. The van der Waals surface area contributed by atoms with E-state index in [1.807, 2.05) is 25.1 Å². The molecule has 2 aromatic rings. The number of aryl methyl sites for hydroxylation is 1. The van der Waals surface area contributed by atoms with E-state index < -0.39 is 6.10 Å². The summed E-state index contributed by atoms with van der Waals surface area (Å²) in [7, 11) is 0. The summed E-state index contributed by atoms with van der Waals surface area (Å²) in [5.41, 5.74) is 0.953. The van der Waals surface area contributed by atoms with E-state index in [9.17, 15) is 5.11 Å². The first-order valence-electron chi connectivity index (χ1n) is 7.29. The van der Waals surface area contributed by atoms with E-state index in [1.165, 1.54) is 0 Å². The number of hydrogen-bond acceptors (Lipinski definition) is 6. The van der Waals surface area contributed by atoms with Crippen molar-refractivity contribution in [3.8, 4) is 5.75 Å². The quantitative estimate of drug-likeness (QED) is 0.794. The fourth-order valence-corrected chi connectivity index (χ4v) is 3.49. The number of piperazine rings is 1. The van der Waals surface area contributed by atoms with Gasteiger partial charge in [-0.2, -0.15) is 0 Å². The van der Waals surface area contributed by atoms with Gasteiger partial charge in [-0.05, 0) is 26.0 Å². The number of aliphatic hydroxyl groups excluding tert-OH is 1. The number of aliphatic hydroxyl groups is 1. The van der Waals surface area contributed by atoms with Crippen molar-refractivity contribution in [1.29, 1.82) is 0 Å². The number of nitrogens with one attached hydrogen (secondary N) is 2. The molecule has 0 aliphatic carbocycles. The lowest BCUT2D eigenvalue weighted by molar-refractivity contribution is 0.0210. The molecule has 1 saturated heterocycles. The highest BCUT2D eigenvalue weighted by Crippen LogP contribution is 2.26. The van der Waals surface area contributed by atoms with Crippen LogP contribution in [0.25, 0.3) is 10.2 Å². The molecule has 3 unspecified atom stereocenters. The second-order valence-electron chi connectivity index (χ2n) is 5.45. The summed E-state index contributed by atoms with van der Waals surface area (Å²) in [5, 5.41) is 17.8. The van der Waals surface area contributed by atoms with Gasteiger partial charge in [-0.25, -0.2) is 4.98 Å². The highest BCUT2D eigenvalue weighted by molar-refractivity contribution is 7.18. The first-order chi connectivity index (χ1) is 10.1. The molecule has 3 N–H and O–H groups in total. The lowest BCUT2D eigenvalue weighted by Gasteiger charge is -2.33. The first kappa shape index (κ1) is 14.7. The molecule has 5 nitrogen and oxygen atoms in total. The van der Waals surface area contributed by atoms with Crippen LogP contribution < -0.4 is 15.4 Å². The average Bonchev–Trinajstić information content (AvgIpc) is 2.84. The highest BCUT2D eigenvalue weighted by atomic mass is 32.1. The Hall–Kier alpha value is -1.21. The maximum Gasteiger partial charge on any atom is 0.141 e. The number of aromatic nitrogens is 1. The Balaban J connectivity index is 1.79. The van der Waals surface area contributed by atoms with Crippen LogP contribution in [-0.4, -0.2) is 48.0 Å². The van der Waals surface area contributed by atoms with Crippen LogP contribution in [0, 0.1) is 6.92 Å². The van der Waals surface area contributed by atoms with E-state index in [4.69, 9.17) is 4.74 Å². The van der Waals surface area contributed by atoms with Crippen molar-refractivity contribution in [2.24, 2.45) is 0 Å². The number of fused-ring (bicyclic) bond motifs is 1. The van der Waals surface area contributed by atoms with E-state index in [1.54, 1.807) is 18.3 Å². The van der Waals surface area contributed by atoms with Crippen molar-refractivity contribution >= 4 is 21.6 Å². The molecule has 6 heteroatoms. The van der Waals surface area contributed by atoms with Gasteiger partial charge in [-0.15, -0.1) is 11.3 Å². The van der Waals surface area contributed by atoms with Crippen LogP contribution in [0.4, 0.5) is 0 Å². The fourth-order valence-electron chi connectivity index (χ4n) is 2.68. The van der Waals surface area contributed by atoms with E-state index >= 15 is 0 Å². The van der Waals surface area contributed by atoms with Crippen molar-refractivity contribution in [2.45, 2.75) is 32.1 Å². The summed E-state index contributed by atoms with van der Waals surface area (Å²) >= 11 is 1.68. The van der Waals surface area contributed by atoms with Crippen LogP contribution in [0.15, 0.2) is 18.2 Å². The monoisotopic (exact) mass is 307 g/mol. The van der Waals surface area contributed by atoms with Crippen LogP contribution in [-0.2, 0) is 0 Å². The summed E-state index contributed by atoms with van der Waals surface area (Å²) in [6, 6.07) is 6.03. The molecule has 1 aromatic carbocycles. The summed E-state index contributed by atoms with van der Waals surface area (Å²) < 4.78 is 7.20. The van der Waals surface area contributed by atoms with Crippen molar-refractivity contribution in [3.63, 3.8) is 0 Å². The van der Waals surface area contributed by atoms with Gasteiger partial charge in [0.05, 0.1) is 27.4 Å². The van der Waals surface area contributed by atoms with Gasteiger partial charge in [0.25, 0.3) is 0 Å². The summed E-state index contributed by atoms with van der Waals surface area (Å²) in [5.74, 6) is 0.756. The molecule has 0 bridgehead atoms. The number of rotatable bonds is 4. The Kier molecular flexibility index (Phi) is 4.40. The zero-order chi connectivity index (χ0) is 14.8. The molecule has 1 fully saturated rings. The minimum atomic E-state index is -0.546.